The highest BCUT2D eigenvalue weighted by Crippen LogP contribution is 2.20. The van der Waals surface area contributed by atoms with Gasteiger partial charge < -0.3 is 16.0 Å². The zero-order valence-electron chi connectivity index (χ0n) is 14.9. The van der Waals surface area contributed by atoms with E-state index in [2.05, 4.69) is 41.4 Å². The van der Waals surface area contributed by atoms with E-state index in [9.17, 15) is 9.59 Å². The van der Waals surface area contributed by atoms with E-state index < -0.39 is 0 Å². The van der Waals surface area contributed by atoms with Gasteiger partial charge in [0.05, 0.1) is 0 Å². The lowest BCUT2D eigenvalue weighted by atomic mass is 10.00. The highest BCUT2D eigenvalue weighted by atomic mass is 16.2. The number of carbonyl (C=O) groups is 2. The molecular formula is C19H28N4O2. The Morgan fingerprint density at radius 1 is 1.24 bits per heavy atom. The molecule has 0 unspecified atom stereocenters. The molecule has 0 aromatic heterocycles. The van der Waals surface area contributed by atoms with E-state index in [0.717, 1.165) is 25.9 Å². The summed E-state index contributed by atoms with van der Waals surface area (Å²) in [6.45, 7) is 5.54. The number of unbranched alkanes of at least 4 members (excludes halogenated alkanes) is 1. The molecule has 0 bridgehead atoms. The normalized spacial score (nSPS) is 24.2. The maximum atomic E-state index is 12.7. The van der Waals surface area contributed by atoms with Crippen LogP contribution in [0.2, 0.25) is 0 Å². The van der Waals surface area contributed by atoms with Crippen molar-refractivity contribution < 1.29 is 9.59 Å². The van der Waals surface area contributed by atoms with E-state index in [4.69, 9.17) is 5.73 Å². The average molecular weight is 344 g/mol. The smallest absolute Gasteiger partial charge is 0.245 e. The summed E-state index contributed by atoms with van der Waals surface area (Å²) in [6.07, 6.45) is 2.43. The number of aryl methyl sites for hydroxylation is 1. The van der Waals surface area contributed by atoms with Gasteiger partial charge in [0.1, 0.15) is 12.1 Å². The van der Waals surface area contributed by atoms with E-state index >= 15 is 0 Å². The molecular weight excluding hydrogens is 316 g/mol. The lowest BCUT2D eigenvalue weighted by molar-refractivity contribution is -0.153. The summed E-state index contributed by atoms with van der Waals surface area (Å²) < 4.78 is 0. The molecule has 2 aliphatic rings. The number of hydrogen-bond donors (Lipinski definition) is 2. The summed E-state index contributed by atoms with van der Waals surface area (Å²) in [7, 11) is 0. The van der Waals surface area contributed by atoms with Crippen LogP contribution in [0.25, 0.3) is 0 Å². The summed E-state index contributed by atoms with van der Waals surface area (Å²) in [6, 6.07) is 7.68. The first-order valence-corrected chi connectivity index (χ1v) is 9.17. The van der Waals surface area contributed by atoms with Gasteiger partial charge in [-0.05, 0) is 38.3 Å². The van der Waals surface area contributed by atoms with Crippen LogP contribution in [-0.4, -0.2) is 59.9 Å². The molecule has 3 rings (SSSR count). The fourth-order valence-corrected chi connectivity index (χ4v) is 3.76. The number of fused-ring (bicyclic) bond motifs is 1. The zero-order valence-corrected chi connectivity index (χ0v) is 14.9. The molecule has 2 aliphatic heterocycles. The van der Waals surface area contributed by atoms with Crippen LogP contribution in [0.15, 0.2) is 24.3 Å². The number of nitrogens with zero attached hydrogens (tertiary/aromatic N) is 2. The fourth-order valence-electron chi connectivity index (χ4n) is 3.76. The highest BCUT2D eigenvalue weighted by molar-refractivity contribution is 5.97. The van der Waals surface area contributed by atoms with E-state index in [-0.39, 0.29) is 23.9 Å². The molecule has 136 valence electrons. The molecule has 3 N–H and O–H groups in total. The number of nitrogens with one attached hydrogen (secondary N) is 1. The Balaban J connectivity index is 1.60. The molecule has 0 spiro atoms. The van der Waals surface area contributed by atoms with E-state index in [0.29, 0.717) is 26.1 Å². The van der Waals surface area contributed by atoms with Crippen LogP contribution in [0.1, 0.15) is 30.4 Å². The second kappa shape index (κ2) is 7.97. The van der Waals surface area contributed by atoms with Gasteiger partial charge in [-0.3, -0.25) is 14.5 Å². The van der Waals surface area contributed by atoms with Gasteiger partial charge in [-0.1, -0.05) is 29.8 Å². The molecule has 2 saturated heterocycles. The first-order valence-electron chi connectivity index (χ1n) is 9.17. The topological polar surface area (TPSA) is 78.7 Å². The van der Waals surface area contributed by atoms with Crippen LogP contribution in [0.3, 0.4) is 0 Å². The Bertz CT molecular complexity index is 634. The SMILES string of the molecule is Cc1cccc(CN2CCN3C(=O)[C@H](CCCCN)NC(=O)[C@H]3C2)c1. The Labute approximate surface area is 149 Å². The molecule has 1 aromatic rings. The van der Waals surface area contributed by atoms with Crippen molar-refractivity contribution in [2.75, 3.05) is 26.2 Å². The predicted octanol–water partition coefficient (Wildman–Crippen LogP) is 0.635. The van der Waals surface area contributed by atoms with Crippen molar-refractivity contribution in [2.24, 2.45) is 5.73 Å². The van der Waals surface area contributed by atoms with Gasteiger partial charge in [-0.25, -0.2) is 0 Å². The van der Waals surface area contributed by atoms with E-state index in [1.807, 2.05) is 0 Å². The fraction of sp³-hybridized carbons (Fsp3) is 0.579. The number of rotatable bonds is 6. The second-order valence-electron chi connectivity index (χ2n) is 7.12. The molecule has 6 heteroatoms. The summed E-state index contributed by atoms with van der Waals surface area (Å²) >= 11 is 0. The van der Waals surface area contributed by atoms with Crippen molar-refractivity contribution in [3.05, 3.63) is 35.4 Å². The Morgan fingerprint density at radius 2 is 2.08 bits per heavy atom. The number of benzene rings is 1. The molecule has 2 atom stereocenters. The van der Waals surface area contributed by atoms with Crippen LogP contribution in [0, 0.1) is 6.92 Å². The van der Waals surface area contributed by atoms with E-state index in [1.54, 1.807) is 4.90 Å². The predicted molar refractivity (Wildman–Crippen MR) is 96.8 cm³/mol. The maximum Gasteiger partial charge on any atom is 0.245 e. The number of piperazine rings is 2. The summed E-state index contributed by atoms with van der Waals surface area (Å²) in [4.78, 5) is 29.2. The highest BCUT2D eigenvalue weighted by Gasteiger charge is 2.42. The van der Waals surface area contributed by atoms with Crippen LogP contribution in [0.4, 0.5) is 0 Å². The second-order valence-corrected chi connectivity index (χ2v) is 7.12. The molecule has 2 heterocycles. The average Bonchev–Trinajstić information content (AvgIpc) is 2.59. The van der Waals surface area contributed by atoms with Crippen molar-refractivity contribution >= 4 is 11.8 Å². The molecule has 6 nitrogen and oxygen atoms in total. The Kier molecular flexibility index (Phi) is 5.71. The van der Waals surface area contributed by atoms with Crippen molar-refractivity contribution in [3.63, 3.8) is 0 Å². The van der Waals surface area contributed by atoms with Gasteiger partial charge in [0.15, 0.2) is 0 Å². The molecule has 0 saturated carbocycles. The third kappa shape index (κ3) is 4.19. The molecule has 0 aliphatic carbocycles. The lowest BCUT2D eigenvalue weighted by Gasteiger charge is -2.45. The Morgan fingerprint density at radius 3 is 2.84 bits per heavy atom. The number of nitrogens with two attached hydrogens (primary N) is 1. The summed E-state index contributed by atoms with van der Waals surface area (Å²) in [5.74, 6) is 0.0446. The first kappa shape index (κ1) is 17.9. The largest absolute Gasteiger partial charge is 0.342 e. The standard InChI is InChI=1S/C19H28N4O2/c1-14-5-4-6-15(11-14)12-22-9-10-23-17(13-22)18(24)21-16(19(23)25)7-2-3-8-20/h4-6,11,16-17H,2-3,7-10,12-13,20H2,1H3,(H,21,24)/t16-,17+/m0/s1. The third-order valence-corrected chi connectivity index (χ3v) is 5.10. The van der Waals surface area contributed by atoms with Crippen molar-refractivity contribution in [1.82, 2.24) is 15.1 Å². The van der Waals surface area contributed by atoms with Crippen LogP contribution in [0.5, 0.6) is 0 Å². The van der Waals surface area contributed by atoms with Gasteiger partial charge in [-0.15, -0.1) is 0 Å². The molecule has 2 fully saturated rings. The lowest BCUT2D eigenvalue weighted by Crippen LogP contribution is -2.69. The first-order chi connectivity index (χ1) is 12.1. The van der Waals surface area contributed by atoms with Crippen LogP contribution in [-0.2, 0) is 16.1 Å². The van der Waals surface area contributed by atoms with Crippen molar-refractivity contribution in [2.45, 2.75) is 44.8 Å². The zero-order chi connectivity index (χ0) is 17.8. The van der Waals surface area contributed by atoms with Crippen LogP contribution >= 0.6 is 0 Å². The molecule has 2 amide bonds. The van der Waals surface area contributed by atoms with Gasteiger partial charge in [0.2, 0.25) is 11.8 Å². The van der Waals surface area contributed by atoms with E-state index in [1.165, 1.54) is 11.1 Å². The van der Waals surface area contributed by atoms with Gasteiger partial charge in [0, 0.05) is 26.2 Å². The van der Waals surface area contributed by atoms with Crippen LogP contribution < -0.4 is 11.1 Å². The maximum absolute atomic E-state index is 12.7. The van der Waals surface area contributed by atoms with Crippen molar-refractivity contribution in [3.8, 4) is 0 Å². The van der Waals surface area contributed by atoms with Gasteiger partial charge in [0.25, 0.3) is 0 Å². The quantitative estimate of drug-likeness (QED) is 0.742. The Hall–Kier alpha value is -1.92. The third-order valence-electron chi connectivity index (χ3n) is 5.10. The van der Waals surface area contributed by atoms with Gasteiger partial charge >= 0.3 is 0 Å². The number of amides is 2. The van der Waals surface area contributed by atoms with Crippen molar-refractivity contribution in [1.29, 1.82) is 0 Å². The minimum absolute atomic E-state index is 0.0220. The minimum atomic E-state index is -0.376. The monoisotopic (exact) mass is 344 g/mol. The minimum Gasteiger partial charge on any atom is -0.342 e. The van der Waals surface area contributed by atoms with Gasteiger partial charge in [-0.2, -0.15) is 0 Å². The molecule has 25 heavy (non-hydrogen) atoms. The molecule has 0 radical (unpaired) electrons. The summed E-state index contributed by atoms with van der Waals surface area (Å²) in [5.41, 5.74) is 8.00. The number of hydrogen-bond acceptors (Lipinski definition) is 4. The summed E-state index contributed by atoms with van der Waals surface area (Å²) in [5, 5.41) is 2.92. The number of carbonyl (C=O) groups excluding carboxylic acids is 2. The molecule has 1 aromatic carbocycles.